The lowest BCUT2D eigenvalue weighted by atomic mass is 10.0. The highest BCUT2D eigenvalue weighted by atomic mass is 16.3. The monoisotopic (exact) mass is 169 g/mol. The molecule has 70 valence electrons. The lowest BCUT2D eigenvalue weighted by molar-refractivity contribution is 0.232. The summed E-state index contributed by atoms with van der Waals surface area (Å²) in [5.74, 6) is 5.83. The molecule has 2 N–H and O–H groups in total. The fraction of sp³-hybridized carbons (Fsp3) is 0.800. The van der Waals surface area contributed by atoms with Crippen molar-refractivity contribution in [3.8, 4) is 11.8 Å². The van der Waals surface area contributed by atoms with Crippen molar-refractivity contribution in [3.05, 3.63) is 0 Å². The second kappa shape index (κ2) is 6.05. The third-order valence-electron chi connectivity index (χ3n) is 1.77. The standard InChI is InChI=1S/C10H19NO/c1-4-5-6-8-11-10(2,3)7-9-12/h11-12H,6-9H2,1-3H3. The Labute approximate surface area is 75.4 Å². The summed E-state index contributed by atoms with van der Waals surface area (Å²) in [7, 11) is 0. The largest absolute Gasteiger partial charge is 0.396 e. The fourth-order valence-electron chi connectivity index (χ4n) is 0.956. The number of hydrogen-bond acceptors (Lipinski definition) is 2. The van der Waals surface area contributed by atoms with Gasteiger partial charge in [0.05, 0.1) is 0 Å². The van der Waals surface area contributed by atoms with Gasteiger partial charge in [0.15, 0.2) is 0 Å². The molecule has 0 aromatic rings. The van der Waals surface area contributed by atoms with Gasteiger partial charge in [0.1, 0.15) is 0 Å². The van der Waals surface area contributed by atoms with Gasteiger partial charge in [-0.25, -0.2) is 0 Å². The van der Waals surface area contributed by atoms with Gasteiger partial charge in [0, 0.05) is 25.1 Å². The van der Waals surface area contributed by atoms with Crippen molar-refractivity contribution in [1.82, 2.24) is 5.32 Å². The Morgan fingerprint density at radius 3 is 2.58 bits per heavy atom. The molecule has 0 aromatic carbocycles. The number of aliphatic hydroxyl groups is 1. The average Bonchev–Trinajstić information content (AvgIpc) is 1.98. The van der Waals surface area contributed by atoms with Crippen molar-refractivity contribution in [3.63, 3.8) is 0 Å². The van der Waals surface area contributed by atoms with E-state index in [2.05, 4.69) is 31.0 Å². The molecule has 0 rings (SSSR count). The van der Waals surface area contributed by atoms with E-state index in [9.17, 15) is 0 Å². The number of rotatable bonds is 5. The molecule has 2 heteroatoms. The molecular weight excluding hydrogens is 150 g/mol. The molecule has 0 aliphatic rings. The molecule has 0 bridgehead atoms. The summed E-state index contributed by atoms with van der Waals surface area (Å²) >= 11 is 0. The van der Waals surface area contributed by atoms with Crippen molar-refractivity contribution in [2.24, 2.45) is 0 Å². The lowest BCUT2D eigenvalue weighted by Crippen LogP contribution is -2.40. The van der Waals surface area contributed by atoms with E-state index in [0.717, 1.165) is 19.4 Å². The van der Waals surface area contributed by atoms with Crippen molar-refractivity contribution in [2.45, 2.75) is 39.2 Å². The Morgan fingerprint density at radius 2 is 2.08 bits per heavy atom. The van der Waals surface area contributed by atoms with Crippen molar-refractivity contribution >= 4 is 0 Å². The first-order valence-corrected chi connectivity index (χ1v) is 4.38. The quantitative estimate of drug-likeness (QED) is 0.478. The highest BCUT2D eigenvalue weighted by Gasteiger charge is 2.14. The highest BCUT2D eigenvalue weighted by Crippen LogP contribution is 2.06. The van der Waals surface area contributed by atoms with Crippen molar-refractivity contribution < 1.29 is 5.11 Å². The molecule has 0 saturated carbocycles. The fourth-order valence-corrected chi connectivity index (χ4v) is 0.956. The molecule has 0 aliphatic heterocycles. The lowest BCUT2D eigenvalue weighted by Gasteiger charge is -2.24. The van der Waals surface area contributed by atoms with Crippen LogP contribution in [-0.2, 0) is 0 Å². The van der Waals surface area contributed by atoms with E-state index < -0.39 is 0 Å². The van der Waals surface area contributed by atoms with Crippen LogP contribution in [0, 0.1) is 11.8 Å². The Balaban J connectivity index is 3.51. The van der Waals surface area contributed by atoms with Crippen molar-refractivity contribution in [2.75, 3.05) is 13.2 Å². The second-order valence-corrected chi connectivity index (χ2v) is 3.46. The van der Waals surface area contributed by atoms with E-state index in [-0.39, 0.29) is 12.1 Å². The first kappa shape index (κ1) is 11.5. The SMILES string of the molecule is CC#CCCNC(C)(C)CCO. The molecule has 12 heavy (non-hydrogen) atoms. The van der Waals surface area contributed by atoms with Crippen LogP contribution in [0.25, 0.3) is 0 Å². The zero-order chi connectivity index (χ0) is 9.45. The molecule has 0 atom stereocenters. The van der Waals surface area contributed by atoms with Gasteiger partial charge in [0.2, 0.25) is 0 Å². The van der Waals surface area contributed by atoms with Gasteiger partial charge in [-0.1, -0.05) is 0 Å². The number of nitrogens with one attached hydrogen (secondary N) is 1. The molecular formula is C10H19NO. The third-order valence-corrected chi connectivity index (χ3v) is 1.77. The van der Waals surface area contributed by atoms with Gasteiger partial charge in [-0.2, -0.15) is 0 Å². The maximum atomic E-state index is 8.74. The van der Waals surface area contributed by atoms with Gasteiger partial charge < -0.3 is 10.4 Å². The van der Waals surface area contributed by atoms with Gasteiger partial charge in [-0.05, 0) is 27.2 Å². The molecule has 0 heterocycles. The summed E-state index contributed by atoms with van der Waals surface area (Å²) in [6.07, 6.45) is 1.66. The predicted molar refractivity (Wildman–Crippen MR) is 51.9 cm³/mol. The normalized spacial score (nSPS) is 10.7. The Kier molecular flexibility index (Phi) is 5.79. The Bertz CT molecular complexity index is 164. The maximum absolute atomic E-state index is 8.74. The third kappa shape index (κ3) is 6.21. The average molecular weight is 169 g/mol. The van der Waals surface area contributed by atoms with E-state index in [1.165, 1.54) is 0 Å². The minimum atomic E-state index is 0.0319. The topological polar surface area (TPSA) is 32.3 Å². The van der Waals surface area contributed by atoms with Crippen molar-refractivity contribution in [1.29, 1.82) is 0 Å². The summed E-state index contributed by atoms with van der Waals surface area (Å²) in [4.78, 5) is 0. The minimum absolute atomic E-state index is 0.0319. The molecule has 0 saturated heterocycles. The molecule has 0 unspecified atom stereocenters. The van der Waals surface area contributed by atoms with Crippen LogP contribution in [0.5, 0.6) is 0 Å². The smallest absolute Gasteiger partial charge is 0.0448 e. The van der Waals surface area contributed by atoms with E-state index in [0.29, 0.717) is 0 Å². The van der Waals surface area contributed by atoms with Crippen LogP contribution in [0.4, 0.5) is 0 Å². The molecule has 0 aliphatic carbocycles. The molecule has 0 aromatic heterocycles. The summed E-state index contributed by atoms with van der Waals surface area (Å²) in [5.41, 5.74) is 0.0319. The molecule has 2 nitrogen and oxygen atoms in total. The van der Waals surface area contributed by atoms with E-state index in [4.69, 9.17) is 5.11 Å². The second-order valence-electron chi connectivity index (χ2n) is 3.46. The van der Waals surface area contributed by atoms with Gasteiger partial charge in [-0.15, -0.1) is 11.8 Å². The van der Waals surface area contributed by atoms with Gasteiger partial charge >= 0.3 is 0 Å². The Morgan fingerprint density at radius 1 is 1.42 bits per heavy atom. The summed E-state index contributed by atoms with van der Waals surface area (Å²) in [5, 5.41) is 12.1. The number of hydrogen-bond donors (Lipinski definition) is 2. The van der Waals surface area contributed by atoms with Crippen LogP contribution < -0.4 is 5.32 Å². The summed E-state index contributed by atoms with van der Waals surface area (Å²) in [6.45, 7) is 7.15. The summed E-state index contributed by atoms with van der Waals surface area (Å²) in [6, 6.07) is 0. The summed E-state index contributed by atoms with van der Waals surface area (Å²) < 4.78 is 0. The number of aliphatic hydroxyl groups excluding tert-OH is 1. The van der Waals surface area contributed by atoms with Crippen LogP contribution >= 0.6 is 0 Å². The van der Waals surface area contributed by atoms with Crippen LogP contribution in [-0.4, -0.2) is 23.8 Å². The molecule has 0 spiro atoms. The van der Waals surface area contributed by atoms with Crippen LogP contribution in [0.1, 0.15) is 33.6 Å². The molecule has 0 fully saturated rings. The molecule has 0 amide bonds. The predicted octanol–water partition coefficient (Wildman–Crippen LogP) is 1.15. The Hall–Kier alpha value is -0.520. The van der Waals surface area contributed by atoms with Gasteiger partial charge in [-0.3, -0.25) is 0 Å². The molecule has 0 radical (unpaired) electrons. The van der Waals surface area contributed by atoms with Crippen LogP contribution in [0.15, 0.2) is 0 Å². The zero-order valence-corrected chi connectivity index (χ0v) is 8.28. The first-order valence-electron chi connectivity index (χ1n) is 4.38. The maximum Gasteiger partial charge on any atom is 0.0448 e. The zero-order valence-electron chi connectivity index (χ0n) is 8.28. The minimum Gasteiger partial charge on any atom is -0.396 e. The van der Waals surface area contributed by atoms with E-state index in [1.807, 2.05) is 6.92 Å². The van der Waals surface area contributed by atoms with E-state index >= 15 is 0 Å². The first-order chi connectivity index (χ1) is 5.62. The highest BCUT2D eigenvalue weighted by molar-refractivity contribution is 4.95. The van der Waals surface area contributed by atoms with E-state index in [1.54, 1.807) is 0 Å². The van der Waals surface area contributed by atoms with Crippen LogP contribution in [0.3, 0.4) is 0 Å². The van der Waals surface area contributed by atoms with Crippen LogP contribution in [0.2, 0.25) is 0 Å². The van der Waals surface area contributed by atoms with Gasteiger partial charge in [0.25, 0.3) is 0 Å².